The summed E-state index contributed by atoms with van der Waals surface area (Å²) in [7, 11) is 0. The van der Waals surface area contributed by atoms with Crippen LogP contribution in [0.25, 0.3) is 0 Å². The van der Waals surface area contributed by atoms with Gasteiger partial charge in [0.1, 0.15) is 31.0 Å². The smallest absolute Gasteiger partial charge is 0.305 e. The summed E-state index contributed by atoms with van der Waals surface area (Å²) in [5.74, 6) is -0.218. The first-order valence-corrected chi connectivity index (χ1v) is 16.3. The zero-order valence-corrected chi connectivity index (χ0v) is 26.1. The van der Waals surface area contributed by atoms with Crippen LogP contribution in [-0.2, 0) is 33.2 Å². The minimum absolute atomic E-state index is 0.0910. The van der Waals surface area contributed by atoms with Gasteiger partial charge in [0, 0.05) is 6.42 Å². The first-order chi connectivity index (χ1) is 20.7. The highest BCUT2D eigenvalue weighted by molar-refractivity contribution is 5.69. The Morgan fingerprint density at radius 1 is 0.786 bits per heavy atom. The number of hydrogen-bond acceptors (Lipinski definition) is 10. The highest BCUT2D eigenvalue weighted by Crippen LogP contribution is 2.25. The predicted octanol–water partition coefficient (Wildman–Crippen LogP) is 4.12. The third-order valence-corrected chi connectivity index (χ3v) is 7.17. The maximum Gasteiger partial charge on any atom is 0.305 e. The number of hydrogen-bond donors (Lipinski definition) is 3. The Labute approximate surface area is 254 Å². The monoisotopic (exact) mass is 604 g/mol. The van der Waals surface area contributed by atoms with Gasteiger partial charge < -0.3 is 43.7 Å². The van der Waals surface area contributed by atoms with E-state index in [1.807, 2.05) is 0 Å². The second kappa shape index (κ2) is 28.6. The van der Waals surface area contributed by atoms with Gasteiger partial charge in [0.2, 0.25) is 0 Å². The normalized spacial score (nSPS) is 19.6. The summed E-state index contributed by atoms with van der Waals surface area (Å²) in [4.78, 5) is 12.1. The number of ether oxygens (including phenoxy) is 6. The zero-order valence-electron chi connectivity index (χ0n) is 26.1. The molecular formula is C32H60O10. The maximum atomic E-state index is 12.1. The van der Waals surface area contributed by atoms with E-state index < -0.39 is 24.4 Å². The maximum absolute atomic E-state index is 12.1. The van der Waals surface area contributed by atoms with Crippen molar-refractivity contribution in [2.75, 3.05) is 66.1 Å². The van der Waals surface area contributed by atoms with Crippen molar-refractivity contribution in [1.82, 2.24) is 0 Å². The largest absolute Gasteiger partial charge is 0.463 e. The van der Waals surface area contributed by atoms with E-state index in [9.17, 15) is 15.0 Å². The van der Waals surface area contributed by atoms with Crippen LogP contribution < -0.4 is 0 Å². The van der Waals surface area contributed by atoms with E-state index in [1.165, 1.54) is 57.8 Å². The van der Waals surface area contributed by atoms with Crippen LogP contribution in [0.1, 0.15) is 96.8 Å². The van der Waals surface area contributed by atoms with E-state index in [4.69, 9.17) is 33.5 Å². The van der Waals surface area contributed by atoms with Crippen molar-refractivity contribution >= 4 is 5.97 Å². The Kier molecular flexibility index (Phi) is 26.5. The standard InChI is InChI=1S/C32H60O10/c1-2-3-4-5-6-7-8-9-10-11-12-13-14-15-16-17-30(36)40-25-24-37-26-28(38-21-18-33)32-31(41-23-20-35)29(27-42-32)39-22-19-34/h9-10,28-29,31-35H,2-8,11-27H2,1H3/b10-9-. The Balaban J connectivity index is 2.13. The van der Waals surface area contributed by atoms with Crippen molar-refractivity contribution in [2.24, 2.45) is 0 Å². The first kappa shape index (κ1) is 38.9. The van der Waals surface area contributed by atoms with E-state index >= 15 is 0 Å². The molecule has 42 heavy (non-hydrogen) atoms. The number of aliphatic hydroxyl groups is 3. The Morgan fingerprint density at radius 3 is 2.07 bits per heavy atom. The third-order valence-electron chi connectivity index (χ3n) is 7.17. The van der Waals surface area contributed by atoms with Crippen LogP contribution in [0.15, 0.2) is 12.2 Å². The fraction of sp³-hybridized carbons (Fsp3) is 0.906. The molecule has 1 rings (SSSR count). The molecule has 0 aromatic rings. The van der Waals surface area contributed by atoms with Gasteiger partial charge in [-0.3, -0.25) is 4.79 Å². The molecule has 0 aliphatic carbocycles. The number of unbranched alkanes of at least 4 members (excludes halogenated alkanes) is 11. The molecule has 1 saturated heterocycles. The highest BCUT2D eigenvalue weighted by Gasteiger charge is 2.44. The van der Waals surface area contributed by atoms with Crippen molar-refractivity contribution in [3.63, 3.8) is 0 Å². The van der Waals surface area contributed by atoms with Crippen LogP contribution in [0.4, 0.5) is 0 Å². The summed E-state index contributed by atoms with van der Waals surface area (Å²) in [5.41, 5.74) is 0. The van der Waals surface area contributed by atoms with Gasteiger partial charge in [0.25, 0.3) is 0 Å². The zero-order chi connectivity index (χ0) is 30.5. The number of aliphatic hydroxyl groups excluding tert-OH is 3. The average molecular weight is 605 g/mol. The predicted molar refractivity (Wildman–Crippen MR) is 161 cm³/mol. The van der Waals surface area contributed by atoms with Gasteiger partial charge in [0.05, 0.1) is 59.5 Å². The molecule has 1 fully saturated rings. The highest BCUT2D eigenvalue weighted by atomic mass is 16.6. The molecule has 0 aromatic heterocycles. The van der Waals surface area contributed by atoms with Gasteiger partial charge in [-0.1, -0.05) is 70.4 Å². The lowest BCUT2D eigenvalue weighted by molar-refractivity contribution is -0.149. The first-order valence-electron chi connectivity index (χ1n) is 16.3. The number of allylic oxidation sites excluding steroid dienone is 2. The van der Waals surface area contributed by atoms with Crippen LogP contribution >= 0.6 is 0 Å². The topological polar surface area (TPSA) is 133 Å². The van der Waals surface area contributed by atoms with Gasteiger partial charge in [0.15, 0.2) is 0 Å². The van der Waals surface area contributed by atoms with E-state index in [2.05, 4.69) is 19.1 Å². The molecule has 1 aliphatic rings. The summed E-state index contributed by atoms with van der Waals surface area (Å²) in [5, 5.41) is 27.5. The van der Waals surface area contributed by atoms with Crippen LogP contribution in [0.5, 0.6) is 0 Å². The molecule has 4 unspecified atom stereocenters. The average Bonchev–Trinajstić information content (AvgIpc) is 3.40. The van der Waals surface area contributed by atoms with Crippen LogP contribution in [-0.4, -0.2) is 112 Å². The van der Waals surface area contributed by atoms with Crippen molar-refractivity contribution in [2.45, 2.75) is 121 Å². The summed E-state index contributed by atoms with van der Waals surface area (Å²) in [6, 6.07) is 0. The summed E-state index contributed by atoms with van der Waals surface area (Å²) in [6.45, 7) is 2.87. The Morgan fingerprint density at radius 2 is 1.40 bits per heavy atom. The van der Waals surface area contributed by atoms with Gasteiger partial charge in [-0.15, -0.1) is 0 Å². The molecule has 0 spiro atoms. The molecule has 0 saturated carbocycles. The molecule has 0 radical (unpaired) electrons. The second-order valence-electron chi connectivity index (χ2n) is 10.8. The summed E-state index contributed by atoms with van der Waals surface area (Å²) < 4.78 is 34.0. The molecule has 10 nitrogen and oxygen atoms in total. The number of rotatable bonds is 30. The van der Waals surface area contributed by atoms with Gasteiger partial charge in [-0.05, 0) is 32.1 Å². The molecule has 10 heteroatoms. The second-order valence-corrected chi connectivity index (χ2v) is 10.8. The number of esters is 1. The molecule has 0 amide bonds. The van der Waals surface area contributed by atoms with Crippen LogP contribution in [0.2, 0.25) is 0 Å². The molecule has 0 bridgehead atoms. The van der Waals surface area contributed by atoms with Crippen LogP contribution in [0, 0.1) is 0 Å². The van der Waals surface area contributed by atoms with Gasteiger partial charge >= 0.3 is 5.97 Å². The molecule has 248 valence electrons. The van der Waals surface area contributed by atoms with Crippen molar-refractivity contribution < 1.29 is 48.5 Å². The number of carbonyl (C=O) groups is 1. The summed E-state index contributed by atoms with van der Waals surface area (Å²) >= 11 is 0. The Hall–Kier alpha value is -1.11. The quantitative estimate of drug-likeness (QED) is 0.0625. The fourth-order valence-corrected chi connectivity index (χ4v) is 4.93. The lowest BCUT2D eigenvalue weighted by Crippen LogP contribution is -2.45. The lowest BCUT2D eigenvalue weighted by Gasteiger charge is -2.29. The number of carbonyl (C=O) groups excluding carboxylic acids is 1. The molecule has 4 atom stereocenters. The van der Waals surface area contributed by atoms with E-state index in [-0.39, 0.29) is 72.0 Å². The van der Waals surface area contributed by atoms with E-state index in [1.54, 1.807) is 0 Å². The molecular weight excluding hydrogens is 544 g/mol. The van der Waals surface area contributed by atoms with Crippen LogP contribution in [0.3, 0.4) is 0 Å². The minimum atomic E-state index is -0.560. The van der Waals surface area contributed by atoms with E-state index in [0.717, 1.165) is 25.7 Å². The fourth-order valence-electron chi connectivity index (χ4n) is 4.93. The summed E-state index contributed by atoms with van der Waals surface area (Å²) in [6.07, 6.45) is 18.8. The van der Waals surface area contributed by atoms with Gasteiger partial charge in [-0.2, -0.15) is 0 Å². The third kappa shape index (κ3) is 20.0. The Bertz CT molecular complexity index is 632. The van der Waals surface area contributed by atoms with E-state index in [0.29, 0.717) is 6.42 Å². The molecule has 3 N–H and O–H groups in total. The van der Waals surface area contributed by atoms with Crippen molar-refractivity contribution in [1.29, 1.82) is 0 Å². The molecule has 1 heterocycles. The van der Waals surface area contributed by atoms with Gasteiger partial charge in [-0.25, -0.2) is 0 Å². The van der Waals surface area contributed by atoms with Crippen molar-refractivity contribution in [3.8, 4) is 0 Å². The molecule has 1 aliphatic heterocycles. The lowest BCUT2D eigenvalue weighted by atomic mass is 10.1. The minimum Gasteiger partial charge on any atom is -0.463 e. The SMILES string of the molecule is CCCCCCCC/C=C\CCCCCCCC(=O)OCCOCC(OCCO)C1OCC(OCCO)C1OCCO. The van der Waals surface area contributed by atoms with Crippen molar-refractivity contribution in [3.05, 3.63) is 12.2 Å². The molecule has 0 aromatic carbocycles.